The van der Waals surface area contributed by atoms with E-state index in [-0.39, 0.29) is 12.1 Å². The van der Waals surface area contributed by atoms with Gasteiger partial charge in [0.05, 0.1) is 12.1 Å². The fraction of sp³-hybridized carbons (Fsp3) is 0.900. The molecule has 0 aromatic carbocycles. The maximum Gasteiger partial charge on any atom is 0.153 e. The van der Waals surface area contributed by atoms with Crippen LogP contribution >= 0.6 is 0 Å². The lowest BCUT2D eigenvalue weighted by molar-refractivity contribution is -0.123. The molecule has 2 aliphatic rings. The Morgan fingerprint density at radius 2 is 2.36 bits per heavy atom. The third-order valence-electron chi connectivity index (χ3n) is 2.88. The smallest absolute Gasteiger partial charge is 0.153 e. The Hall–Kier alpha value is -0.450. The van der Waals surface area contributed by atoms with Crippen molar-refractivity contribution in [1.29, 1.82) is 0 Å². The first-order valence-corrected chi connectivity index (χ1v) is 5.44. The number of Topliss-reactive ketones (excluding diaryl/α,β-unsaturated/α-hetero) is 1. The molecular formula is C10H18N2O2. The Balaban J connectivity index is 1.75. The zero-order valence-corrected chi connectivity index (χ0v) is 8.42. The van der Waals surface area contributed by atoms with Gasteiger partial charge in [-0.25, -0.2) is 0 Å². The van der Waals surface area contributed by atoms with Gasteiger partial charge in [0, 0.05) is 32.7 Å². The Morgan fingerprint density at radius 1 is 1.43 bits per heavy atom. The second kappa shape index (κ2) is 4.87. The van der Waals surface area contributed by atoms with Crippen LogP contribution in [0.5, 0.6) is 0 Å². The highest BCUT2D eigenvalue weighted by Gasteiger charge is 2.25. The molecule has 0 bridgehead atoms. The van der Waals surface area contributed by atoms with Crippen molar-refractivity contribution in [3.05, 3.63) is 0 Å². The Bertz CT molecular complexity index is 196. The van der Waals surface area contributed by atoms with Crippen LogP contribution < -0.4 is 10.6 Å². The summed E-state index contributed by atoms with van der Waals surface area (Å²) in [5, 5.41) is 6.44. The molecule has 0 spiro atoms. The van der Waals surface area contributed by atoms with E-state index >= 15 is 0 Å². The number of piperazine rings is 1. The molecular weight excluding hydrogens is 180 g/mol. The fourth-order valence-corrected chi connectivity index (χ4v) is 2.05. The predicted octanol–water partition coefficient (Wildman–Crippen LogP) is -0.314. The summed E-state index contributed by atoms with van der Waals surface area (Å²) in [4.78, 5) is 11.8. The van der Waals surface area contributed by atoms with Gasteiger partial charge >= 0.3 is 0 Å². The first kappa shape index (κ1) is 10.1. The lowest BCUT2D eigenvalue weighted by atomic mass is 10.0. The van der Waals surface area contributed by atoms with Crippen LogP contribution in [0.1, 0.15) is 19.3 Å². The molecule has 2 atom stereocenters. The molecule has 0 amide bonds. The van der Waals surface area contributed by atoms with E-state index < -0.39 is 0 Å². The van der Waals surface area contributed by atoms with Gasteiger partial charge in [-0.3, -0.25) is 4.79 Å². The highest BCUT2D eigenvalue weighted by molar-refractivity contribution is 5.84. The van der Waals surface area contributed by atoms with Crippen molar-refractivity contribution in [3.8, 4) is 0 Å². The van der Waals surface area contributed by atoms with Crippen LogP contribution in [0.15, 0.2) is 0 Å². The predicted molar refractivity (Wildman–Crippen MR) is 53.3 cm³/mol. The molecule has 2 saturated heterocycles. The lowest BCUT2D eigenvalue weighted by Crippen LogP contribution is -2.52. The van der Waals surface area contributed by atoms with E-state index in [2.05, 4.69) is 10.6 Å². The number of carbonyl (C=O) groups excluding carboxylic acids is 1. The van der Waals surface area contributed by atoms with Gasteiger partial charge in [-0.15, -0.1) is 0 Å². The van der Waals surface area contributed by atoms with Gasteiger partial charge in [-0.05, 0) is 12.8 Å². The van der Waals surface area contributed by atoms with Gasteiger partial charge in [-0.1, -0.05) is 0 Å². The fourth-order valence-electron chi connectivity index (χ4n) is 2.05. The van der Waals surface area contributed by atoms with Crippen molar-refractivity contribution >= 4 is 5.78 Å². The van der Waals surface area contributed by atoms with Crippen LogP contribution in [0.4, 0.5) is 0 Å². The van der Waals surface area contributed by atoms with E-state index in [4.69, 9.17) is 4.74 Å². The number of carbonyl (C=O) groups is 1. The van der Waals surface area contributed by atoms with Crippen molar-refractivity contribution < 1.29 is 9.53 Å². The number of hydrogen-bond acceptors (Lipinski definition) is 4. The monoisotopic (exact) mass is 198 g/mol. The van der Waals surface area contributed by atoms with Gasteiger partial charge < -0.3 is 15.4 Å². The van der Waals surface area contributed by atoms with E-state index in [1.807, 2.05) is 0 Å². The lowest BCUT2D eigenvalue weighted by Gasteiger charge is -2.24. The average molecular weight is 198 g/mol. The van der Waals surface area contributed by atoms with Crippen LogP contribution in [0.2, 0.25) is 0 Å². The van der Waals surface area contributed by atoms with Crippen LogP contribution in [0.25, 0.3) is 0 Å². The second-order valence-electron chi connectivity index (χ2n) is 4.02. The Morgan fingerprint density at radius 3 is 3.00 bits per heavy atom. The highest BCUT2D eigenvalue weighted by atomic mass is 16.5. The maximum atomic E-state index is 11.8. The minimum atomic E-state index is 0.00736. The standard InChI is InChI=1S/C10H18N2O2/c13-10(6-8-2-1-5-14-8)9-7-11-3-4-12-9/h8-9,11-12H,1-7H2. The van der Waals surface area contributed by atoms with Crippen LogP contribution in [0.3, 0.4) is 0 Å². The van der Waals surface area contributed by atoms with Gasteiger partial charge in [-0.2, -0.15) is 0 Å². The van der Waals surface area contributed by atoms with Crippen molar-refractivity contribution in [2.45, 2.75) is 31.4 Å². The summed E-state index contributed by atoms with van der Waals surface area (Å²) in [7, 11) is 0. The van der Waals surface area contributed by atoms with Gasteiger partial charge in [0.1, 0.15) is 0 Å². The second-order valence-corrected chi connectivity index (χ2v) is 4.02. The summed E-state index contributed by atoms with van der Waals surface area (Å²) in [6, 6.07) is 0.00736. The quantitative estimate of drug-likeness (QED) is 0.653. The first-order chi connectivity index (χ1) is 6.86. The van der Waals surface area contributed by atoms with E-state index in [1.54, 1.807) is 0 Å². The molecule has 4 heteroatoms. The molecule has 0 aliphatic carbocycles. The molecule has 4 nitrogen and oxygen atoms in total. The molecule has 0 saturated carbocycles. The molecule has 2 fully saturated rings. The van der Waals surface area contributed by atoms with Gasteiger partial charge in [0.15, 0.2) is 5.78 Å². The van der Waals surface area contributed by atoms with Crippen molar-refractivity contribution in [3.63, 3.8) is 0 Å². The molecule has 2 heterocycles. The summed E-state index contributed by atoms with van der Waals surface area (Å²) >= 11 is 0. The Kier molecular flexibility index (Phi) is 3.50. The topological polar surface area (TPSA) is 50.4 Å². The summed E-state index contributed by atoms with van der Waals surface area (Å²) < 4.78 is 5.45. The summed E-state index contributed by atoms with van der Waals surface area (Å²) in [5.41, 5.74) is 0. The molecule has 80 valence electrons. The minimum Gasteiger partial charge on any atom is -0.378 e. The van der Waals surface area contributed by atoms with Crippen LogP contribution in [0, 0.1) is 0 Å². The molecule has 2 N–H and O–H groups in total. The SMILES string of the molecule is O=C(CC1CCCO1)C1CNCCN1. The summed E-state index contributed by atoms with van der Waals surface area (Å²) in [6.07, 6.45) is 2.92. The third kappa shape index (κ3) is 2.53. The summed E-state index contributed by atoms with van der Waals surface area (Å²) in [5.74, 6) is 0.295. The number of ether oxygens (including phenoxy) is 1. The van der Waals surface area contributed by atoms with Crippen molar-refractivity contribution in [2.24, 2.45) is 0 Å². The molecule has 2 rings (SSSR count). The normalized spacial score (nSPS) is 33.1. The molecule has 2 aliphatic heterocycles. The molecule has 0 aromatic heterocycles. The van der Waals surface area contributed by atoms with Crippen LogP contribution in [-0.4, -0.2) is 44.2 Å². The molecule has 2 unspecified atom stereocenters. The molecule has 0 aromatic rings. The Labute approximate surface area is 84.4 Å². The third-order valence-corrected chi connectivity index (χ3v) is 2.88. The summed E-state index contributed by atoms with van der Waals surface area (Å²) in [6.45, 7) is 3.45. The van der Waals surface area contributed by atoms with E-state index in [0.717, 1.165) is 39.1 Å². The van der Waals surface area contributed by atoms with E-state index in [9.17, 15) is 4.79 Å². The molecule has 0 radical (unpaired) electrons. The van der Waals surface area contributed by atoms with Gasteiger partial charge in [0.25, 0.3) is 0 Å². The van der Waals surface area contributed by atoms with Crippen LogP contribution in [-0.2, 0) is 9.53 Å². The van der Waals surface area contributed by atoms with E-state index in [0.29, 0.717) is 12.2 Å². The largest absolute Gasteiger partial charge is 0.378 e. The van der Waals surface area contributed by atoms with Crippen molar-refractivity contribution in [2.75, 3.05) is 26.2 Å². The minimum absolute atomic E-state index is 0.00736. The van der Waals surface area contributed by atoms with E-state index in [1.165, 1.54) is 0 Å². The number of nitrogens with one attached hydrogen (secondary N) is 2. The maximum absolute atomic E-state index is 11.8. The number of hydrogen-bond donors (Lipinski definition) is 2. The zero-order valence-electron chi connectivity index (χ0n) is 8.42. The highest BCUT2D eigenvalue weighted by Crippen LogP contribution is 2.16. The zero-order chi connectivity index (χ0) is 9.80. The number of ketones is 1. The molecule has 14 heavy (non-hydrogen) atoms. The first-order valence-electron chi connectivity index (χ1n) is 5.44. The van der Waals surface area contributed by atoms with Gasteiger partial charge in [0.2, 0.25) is 0 Å². The number of rotatable bonds is 3. The van der Waals surface area contributed by atoms with Crippen molar-refractivity contribution in [1.82, 2.24) is 10.6 Å². The average Bonchev–Trinajstić information content (AvgIpc) is 2.72.